The highest BCUT2D eigenvalue weighted by Gasteiger charge is 2.06. The van der Waals surface area contributed by atoms with E-state index in [0.717, 1.165) is 11.3 Å². The molecule has 0 aliphatic heterocycles. The highest BCUT2D eigenvalue weighted by molar-refractivity contribution is 5.78. The second kappa shape index (κ2) is 6.74. The zero-order valence-electron chi connectivity index (χ0n) is 11.7. The van der Waals surface area contributed by atoms with Crippen LogP contribution < -0.4 is 10.6 Å². The van der Waals surface area contributed by atoms with Crippen LogP contribution in [0.5, 0.6) is 5.75 Å². The number of para-hydroxylation sites is 1. The van der Waals surface area contributed by atoms with Crippen molar-refractivity contribution >= 4 is 11.6 Å². The van der Waals surface area contributed by atoms with Gasteiger partial charge in [0.1, 0.15) is 0 Å². The number of carbonyl (C=O) groups is 1. The predicted molar refractivity (Wildman–Crippen MR) is 79.6 cm³/mol. The number of rotatable bonds is 5. The molecule has 110 valence electrons. The number of carbonyl (C=O) groups excluding carboxylic acids is 1. The molecule has 0 aliphatic rings. The maximum absolute atomic E-state index is 13.2. The first-order chi connectivity index (χ1) is 10.1. The zero-order chi connectivity index (χ0) is 15.2. The summed E-state index contributed by atoms with van der Waals surface area (Å²) in [7, 11) is 1.60. The number of amides is 1. The number of benzene rings is 2. The molecule has 4 nitrogen and oxygen atoms in total. The minimum Gasteiger partial charge on any atom is -0.505 e. The Kier molecular flexibility index (Phi) is 4.77. The lowest BCUT2D eigenvalue weighted by molar-refractivity contribution is -0.119. The fourth-order valence-corrected chi connectivity index (χ4v) is 1.91. The first-order valence-corrected chi connectivity index (χ1v) is 6.60. The normalized spacial score (nSPS) is 10.2. The van der Waals surface area contributed by atoms with Gasteiger partial charge in [0.2, 0.25) is 5.91 Å². The third-order valence-corrected chi connectivity index (χ3v) is 3.15. The van der Waals surface area contributed by atoms with Crippen LogP contribution in [0.4, 0.5) is 10.1 Å². The molecule has 2 aromatic carbocycles. The van der Waals surface area contributed by atoms with Crippen LogP contribution in [0.1, 0.15) is 11.1 Å². The van der Waals surface area contributed by atoms with Crippen molar-refractivity contribution in [3.8, 4) is 5.75 Å². The van der Waals surface area contributed by atoms with E-state index in [4.69, 9.17) is 0 Å². The number of hydrogen-bond acceptors (Lipinski definition) is 3. The van der Waals surface area contributed by atoms with Crippen molar-refractivity contribution in [2.24, 2.45) is 0 Å². The second-order valence-electron chi connectivity index (χ2n) is 4.65. The number of halogens is 1. The summed E-state index contributed by atoms with van der Waals surface area (Å²) < 4.78 is 13.2. The van der Waals surface area contributed by atoms with Gasteiger partial charge >= 0.3 is 0 Å². The van der Waals surface area contributed by atoms with E-state index in [-0.39, 0.29) is 11.7 Å². The summed E-state index contributed by atoms with van der Waals surface area (Å²) in [5.74, 6) is -1.00. The monoisotopic (exact) mass is 288 g/mol. The molecule has 2 rings (SSSR count). The van der Waals surface area contributed by atoms with E-state index in [2.05, 4.69) is 10.6 Å². The highest BCUT2D eigenvalue weighted by Crippen LogP contribution is 2.21. The van der Waals surface area contributed by atoms with Crippen LogP contribution >= 0.6 is 0 Å². The van der Waals surface area contributed by atoms with Gasteiger partial charge in [-0.1, -0.05) is 24.3 Å². The van der Waals surface area contributed by atoms with Gasteiger partial charge in [-0.15, -0.1) is 0 Å². The van der Waals surface area contributed by atoms with Gasteiger partial charge in [0.25, 0.3) is 0 Å². The number of phenolic OH excluding ortho intramolecular Hbond substituents is 1. The van der Waals surface area contributed by atoms with Gasteiger partial charge in [-0.25, -0.2) is 4.39 Å². The summed E-state index contributed by atoms with van der Waals surface area (Å²) in [5, 5.41) is 15.3. The molecule has 3 N–H and O–H groups in total. The molecule has 21 heavy (non-hydrogen) atoms. The Hall–Kier alpha value is -2.56. The molecule has 0 unspecified atom stereocenters. The van der Waals surface area contributed by atoms with Crippen molar-refractivity contribution in [3.05, 3.63) is 59.4 Å². The average molecular weight is 288 g/mol. The number of likely N-dealkylation sites (N-methyl/N-ethyl adjacent to an activating group) is 1. The van der Waals surface area contributed by atoms with E-state index in [0.29, 0.717) is 18.5 Å². The molecule has 1 amide bonds. The maximum Gasteiger partial charge on any atom is 0.224 e. The Bertz CT molecular complexity index is 627. The fraction of sp³-hybridized carbons (Fsp3) is 0.188. The van der Waals surface area contributed by atoms with Crippen LogP contribution in [-0.4, -0.2) is 18.1 Å². The van der Waals surface area contributed by atoms with Crippen molar-refractivity contribution in [1.82, 2.24) is 5.32 Å². The van der Waals surface area contributed by atoms with Crippen molar-refractivity contribution in [1.29, 1.82) is 0 Å². The van der Waals surface area contributed by atoms with E-state index in [1.54, 1.807) is 19.2 Å². The molecule has 0 heterocycles. The summed E-state index contributed by atoms with van der Waals surface area (Å²) >= 11 is 0. The Morgan fingerprint density at radius 3 is 2.57 bits per heavy atom. The molecule has 5 heteroatoms. The summed E-state index contributed by atoms with van der Waals surface area (Å²) in [6, 6.07) is 11.8. The summed E-state index contributed by atoms with van der Waals surface area (Å²) in [6.07, 6.45) is 0.335. The molecule has 0 saturated heterocycles. The lowest BCUT2D eigenvalue weighted by Gasteiger charge is -2.09. The van der Waals surface area contributed by atoms with E-state index >= 15 is 0 Å². The average Bonchev–Trinajstić information content (AvgIpc) is 2.50. The first kappa shape index (κ1) is 14.8. The minimum atomic E-state index is -0.629. The van der Waals surface area contributed by atoms with Crippen molar-refractivity contribution in [3.63, 3.8) is 0 Å². The topological polar surface area (TPSA) is 61.4 Å². The Morgan fingerprint density at radius 1 is 1.19 bits per heavy atom. The van der Waals surface area contributed by atoms with Crippen molar-refractivity contribution in [2.75, 3.05) is 12.4 Å². The third kappa shape index (κ3) is 3.95. The first-order valence-electron chi connectivity index (χ1n) is 6.60. The van der Waals surface area contributed by atoms with E-state index < -0.39 is 5.82 Å². The van der Waals surface area contributed by atoms with Gasteiger partial charge < -0.3 is 15.7 Å². The van der Waals surface area contributed by atoms with Gasteiger partial charge in [-0.2, -0.15) is 0 Å². The predicted octanol–water partition coefficient (Wildman–Crippen LogP) is 2.43. The molecule has 0 fully saturated rings. The lowest BCUT2D eigenvalue weighted by Crippen LogP contribution is -2.19. The second-order valence-corrected chi connectivity index (χ2v) is 4.65. The molecule has 0 aliphatic carbocycles. The van der Waals surface area contributed by atoms with E-state index in [1.807, 2.05) is 24.3 Å². The molecule has 0 aromatic heterocycles. The molecule has 0 bridgehead atoms. The van der Waals surface area contributed by atoms with Gasteiger partial charge in [0.05, 0.1) is 6.42 Å². The molecule has 2 aromatic rings. The standard InChI is InChI=1S/C16H17FN2O2/c1-18-15(20)9-11-5-7-13(8-6-11)19-10-12-3-2-4-14(17)16(12)21/h2-8,19,21H,9-10H2,1H3,(H,18,20). The SMILES string of the molecule is CNC(=O)Cc1ccc(NCc2cccc(F)c2O)cc1. The number of nitrogens with one attached hydrogen (secondary N) is 2. The third-order valence-electron chi connectivity index (χ3n) is 3.15. The van der Waals surface area contributed by atoms with Gasteiger partial charge in [-0.3, -0.25) is 4.79 Å². The van der Waals surface area contributed by atoms with E-state index in [9.17, 15) is 14.3 Å². The number of hydrogen-bond donors (Lipinski definition) is 3. The maximum atomic E-state index is 13.2. The van der Waals surface area contributed by atoms with Crippen LogP contribution in [0.3, 0.4) is 0 Å². The summed E-state index contributed by atoms with van der Waals surface area (Å²) in [6.45, 7) is 0.318. The fourth-order valence-electron chi connectivity index (χ4n) is 1.91. The minimum absolute atomic E-state index is 0.0413. The molecular weight excluding hydrogens is 271 g/mol. The quantitative estimate of drug-likeness (QED) is 0.792. The molecular formula is C16H17FN2O2. The smallest absolute Gasteiger partial charge is 0.224 e. The Balaban J connectivity index is 1.97. The highest BCUT2D eigenvalue weighted by atomic mass is 19.1. The lowest BCUT2D eigenvalue weighted by atomic mass is 10.1. The van der Waals surface area contributed by atoms with Gasteiger partial charge in [0, 0.05) is 24.8 Å². The molecule has 0 saturated carbocycles. The molecule has 0 radical (unpaired) electrons. The van der Waals surface area contributed by atoms with Crippen LogP contribution in [0, 0.1) is 5.82 Å². The molecule has 0 spiro atoms. The van der Waals surface area contributed by atoms with Gasteiger partial charge in [-0.05, 0) is 23.8 Å². The molecule has 0 atom stereocenters. The van der Waals surface area contributed by atoms with Crippen LogP contribution in [-0.2, 0) is 17.8 Å². The zero-order valence-corrected chi connectivity index (χ0v) is 11.7. The number of phenols is 1. The van der Waals surface area contributed by atoms with E-state index in [1.165, 1.54) is 6.07 Å². The number of anilines is 1. The summed E-state index contributed by atoms with van der Waals surface area (Å²) in [5.41, 5.74) is 2.23. The van der Waals surface area contributed by atoms with Crippen LogP contribution in [0.2, 0.25) is 0 Å². The van der Waals surface area contributed by atoms with Crippen molar-refractivity contribution in [2.45, 2.75) is 13.0 Å². The van der Waals surface area contributed by atoms with Crippen LogP contribution in [0.15, 0.2) is 42.5 Å². The summed E-state index contributed by atoms with van der Waals surface area (Å²) in [4.78, 5) is 11.3. The van der Waals surface area contributed by atoms with Gasteiger partial charge in [0.15, 0.2) is 11.6 Å². The Morgan fingerprint density at radius 2 is 1.90 bits per heavy atom. The van der Waals surface area contributed by atoms with Crippen molar-refractivity contribution < 1.29 is 14.3 Å². The van der Waals surface area contributed by atoms with Crippen LogP contribution in [0.25, 0.3) is 0 Å². The largest absolute Gasteiger partial charge is 0.505 e. The number of aromatic hydroxyl groups is 1. The Labute approximate surface area is 122 Å².